The quantitative estimate of drug-likeness (QED) is 0.739. The van der Waals surface area contributed by atoms with Crippen LogP contribution in [0.2, 0.25) is 0 Å². The number of carbonyl (C=O) groups excluding carboxylic acids is 1. The number of hydrogen-bond donors (Lipinski definition) is 1. The molecule has 0 bridgehead atoms. The standard InChI is InChI=1S/C25H34N2O/c1-16-13-18-20-7-6-19(17-5-4-11-26-15-17)24(20,2)9-8-21(18)25(3)10-12-27-23(28)14-22(16)25/h4-5,11,14-16,18-21H,6-10,12-13H2,1-3H3,(H,27,28)/t16?,18-,19?,20-,21-,24+,25+/m0/s1. The van der Waals surface area contributed by atoms with Gasteiger partial charge in [-0.15, -0.1) is 0 Å². The lowest BCUT2D eigenvalue weighted by Crippen LogP contribution is -2.51. The zero-order valence-electron chi connectivity index (χ0n) is 17.6. The van der Waals surface area contributed by atoms with Crippen LogP contribution in [0.15, 0.2) is 36.2 Å². The smallest absolute Gasteiger partial charge is 0.243 e. The van der Waals surface area contributed by atoms with E-state index in [1.165, 1.54) is 43.2 Å². The van der Waals surface area contributed by atoms with Gasteiger partial charge in [0.2, 0.25) is 5.91 Å². The molecule has 1 amide bonds. The number of amides is 1. The molecule has 2 heterocycles. The molecule has 1 aromatic heterocycles. The Balaban J connectivity index is 1.50. The topological polar surface area (TPSA) is 42.0 Å². The molecule has 0 radical (unpaired) electrons. The molecule has 3 saturated carbocycles. The van der Waals surface area contributed by atoms with Gasteiger partial charge in [0.1, 0.15) is 0 Å². The van der Waals surface area contributed by atoms with Gasteiger partial charge >= 0.3 is 0 Å². The molecule has 0 aromatic carbocycles. The van der Waals surface area contributed by atoms with Crippen molar-refractivity contribution in [2.24, 2.45) is 34.5 Å². The third-order valence-corrected chi connectivity index (χ3v) is 9.39. The molecule has 1 aromatic rings. The lowest BCUT2D eigenvalue weighted by atomic mass is 9.46. The molecule has 7 atom stereocenters. The highest BCUT2D eigenvalue weighted by atomic mass is 16.1. The summed E-state index contributed by atoms with van der Waals surface area (Å²) in [6.07, 6.45) is 13.6. The van der Waals surface area contributed by atoms with Crippen LogP contribution in [0.5, 0.6) is 0 Å². The fourth-order valence-corrected chi connectivity index (χ4v) is 8.12. The van der Waals surface area contributed by atoms with Crippen molar-refractivity contribution >= 4 is 5.91 Å². The second-order valence-electron chi connectivity index (χ2n) is 10.5. The molecule has 2 unspecified atom stereocenters. The van der Waals surface area contributed by atoms with E-state index in [2.05, 4.69) is 49.4 Å². The van der Waals surface area contributed by atoms with E-state index >= 15 is 0 Å². The summed E-state index contributed by atoms with van der Waals surface area (Å²) >= 11 is 0. The van der Waals surface area contributed by atoms with Crippen molar-refractivity contribution in [1.29, 1.82) is 0 Å². The van der Waals surface area contributed by atoms with Gasteiger partial charge in [0.05, 0.1) is 0 Å². The number of rotatable bonds is 1. The Bertz CT molecular complexity index is 802. The number of nitrogens with zero attached hydrogens (tertiary/aromatic N) is 1. The van der Waals surface area contributed by atoms with Gasteiger partial charge in [0, 0.05) is 25.0 Å². The van der Waals surface area contributed by atoms with Crippen molar-refractivity contribution < 1.29 is 4.79 Å². The molecular weight excluding hydrogens is 344 g/mol. The predicted molar refractivity (Wildman–Crippen MR) is 112 cm³/mol. The summed E-state index contributed by atoms with van der Waals surface area (Å²) in [5.74, 6) is 3.64. The average molecular weight is 379 g/mol. The fraction of sp³-hybridized carbons (Fsp3) is 0.680. The maximum atomic E-state index is 12.2. The number of pyridine rings is 1. The zero-order valence-corrected chi connectivity index (χ0v) is 17.6. The summed E-state index contributed by atoms with van der Waals surface area (Å²) in [7, 11) is 0. The maximum absolute atomic E-state index is 12.2. The van der Waals surface area contributed by atoms with Crippen LogP contribution in [0, 0.1) is 34.5 Å². The Hall–Kier alpha value is -1.64. The molecule has 3 nitrogen and oxygen atoms in total. The third kappa shape index (κ3) is 2.54. The first-order valence-electron chi connectivity index (χ1n) is 11.3. The number of carbonyl (C=O) groups is 1. The maximum Gasteiger partial charge on any atom is 0.243 e. The Morgan fingerprint density at radius 1 is 1.14 bits per heavy atom. The van der Waals surface area contributed by atoms with Crippen molar-refractivity contribution in [3.8, 4) is 0 Å². The minimum absolute atomic E-state index is 0.127. The summed E-state index contributed by atoms with van der Waals surface area (Å²) < 4.78 is 0. The minimum Gasteiger partial charge on any atom is -0.353 e. The number of hydrogen-bond acceptors (Lipinski definition) is 2. The SMILES string of the molecule is CC1C[C@@H]2[C@H](CC[C@]3(C)C(c4cccnc4)CC[C@@H]23)[C@@]2(C)CCNC(=O)C=C12. The molecule has 0 saturated heterocycles. The van der Waals surface area contributed by atoms with Crippen LogP contribution in [-0.4, -0.2) is 17.4 Å². The second kappa shape index (κ2) is 6.43. The minimum atomic E-state index is 0.127. The first kappa shape index (κ1) is 18.4. The van der Waals surface area contributed by atoms with Crippen LogP contribution in [-0.2, 0) is 4.79 Å². The van der Waals surface area contributed by atoms with Gasteiger partial charge in [-0.2, -0.15) is 0 Å². The van der Waals surface area contributed by atoms with Gasteiger partial charge in [-0.25, -0.2) is 0 Å². The van der Waals surface area contributed by atoms with E-state index in [-0.39, 0.29) is 11.3 Å². The summed E-state index contributed by atoms with van der Waals surface area (Å²) in [5.41, 5.74) is 3.48. The Morgan fingerprint density at radius 2 is 2.00 bits per heavy atom. The van der Waals surface area contributed by atoms with E-state index < -0.39 is 0 Å². The largest absolute Gasteiger partial charge is 0.353 e. The molecule has 28 heavy (non-hydrogen) atoms. The molecular formula is C25H34N2O. The molecule has 3 aliphatic carbocycles. The van der Waals surface area contributed by atoms with Crippen LogP contribution in [0.1, 0.15) is 70.8 Å². The van der Waals surface area contributed by atoms with Crippen molar-refractivity contribution in [3.05, 3.63) is 41.7 Å². The van der Waals surface area contributed by atoms with Gasteiger partial charge in [-0.1, -0.05) is 32.4 Å². The molecule has 3 heteroatoms. The molecule has 3 fully saturated rings. The highest BCUT2D eigenvalue weighted by molar-refractivity contribution is 5.88. The molecule has 150 valence electrons. The molecule has 1 aliphatic heterocycles. The van der Waals surface area contributed by atoms with Crippen LogP contribution in [0.3, 0.4) is 0 Å². The molecule has 0 spiro atoms. The first-order valence-corrected chi connectivity index (χ1v) is 11.3. The van der Waals surface area contributed by atoms with Crippen LogP contribution >= 0.6 is 0 Å². The van der Waals surface area contributed by atoms with Gasteiger partial charge in [-0.05, 0) is 90.6 Å². The summed E-state index contributed by atoms with van der Waals surface area (Å²) in [5, 5.41) is 3.10. The van der Waals surface area contributed by atoms with Gasteiger partial charge in [0.25, 0.3) is 0 Å². The molecule has 5 rings (SSSR count). The van der Waals surface area contributed by atoms with E-state index in [9.17, 15) is 4.79 Å². The van der Waals surface area contributed by atoms with E-state index in [0.29, 0.717) is 17.3 Å². The summed E-state index contributed by atoms with van der Waals surface area (Å²) in [4.78, 5) is 16.7. The van der Waals surface area contributed by atoms with Gasteiger partial charge in [-0.3, -0.25) is 9.78 Å². The third-order valence-electron chi connectivity index (χ3n) is 9.39. The normalized spacial score (nSPS) is 45.2. The molecule has 4 aliphatic rings. The fourth-order valence-electron chi connectivity index (χ4n) is 8.12. The average Bonchev–Trinajstić information content (AvgIpc) is 2.94. The van der Waals surface area contributed by atoms with E-state index in [1.54, 1.807) is 0 Å². The number of aromatic nitrogens is 1. The highest BCUT2D eigenvalue weighted by Gasteiger charge is 2.59. The zero-order chi connectivity index (χ0) is 19.5. The van der Waals surface area contributed by atoms with Crippen LogP contribution < -0.4 is 5.32 Å². The lowest BCUT2D eigenvalue weighted by Gasteiger charge is -2.58. The monoisotopic (exact) mass is 378 g/mol. The van der Waals surface area contributed by atoms with E-state index in [0.717, 1.165) is 30.7 Å². The molecule has 1 N–H and O–H groups in total. The van der Waals surface area contributed by atoms with Crippen molar-refractivity contribution in [2.75, 3.05) is 6.54 Å². The Labute approximate surface area is 169 Å². The lowest BCUT2D eigenvalue weighted by molar-refractivity contribution is -0.116. The Kier molecular flexibility index (Phi) is 4.23. The van der Waals surface area contributed by atoms with E-state index in [4.69, 9.17) is 0 Å². The van der Waals surface area contributed by atoms with Crippen molar-refractivity contribution in [2.45, 2.75) is 65.2 Å². The van der Waals surface area contributed by atoms with Crippen LogP contribution in [0.4, 0.5) is 0 Å². The summed E-state index contributed by atoms with van der Waals surface area (Å²) in [6, 6.07) is 4.40. The highest BCUT2D eigenvalue weighted by Crippen LogP contribution is 2.68. The summed E-state index contributed by atoms with van der Waals surface area (Å²) in [6.45, 7) is 8.25. The van der Waals surface area contributed by atoms with Gasteiger partial charge < -0.3 is 5.32 Å². The number of allylic oxidation sites excluding steroid dienone is 1. The second-order valence-corrected chi connectivity index (χ2v) is 10.5. The number of nitrogens with one attached hydrogen (secondary N) is 1. The van der Waals surface area contributed by atoms with Crippen LogP contribution in [0.25, 0.3) is 0 Å². The number of fused-ring (bicyclic) bond motifs is 5. The van der Waals surface area contributed by atoms with Crippen molar-refractivity contribution in [1.82, 2.24) is 10.3 Å². The van der Waals surface area contributed by atoms with Crippen molar-refractivity contribution in [3.63, 3.8) is 0 Å². The Morgan fingerprint density at radius 3 is 2.79 bits per heavy atom. The predicted octanol–water partition coefficient (Wildman–Crippen LogP) is 5.10. The van der Waals surface area contributed by atoms with E-state index in [1.807, 2.05) is 12.3 Å². The van der Waals surface area contributed by atoms with Gasteiger partial charge in [0.15, 0.2) is 0 Å². The first-order chi connectivity index (χ1) is 13.4.